The Morgan fingerprint density at radius 1 is 1.10 bits per heavy atom. The molecule has 0 aromatic heterocycles. The summed E-state index contributed by atoms with van der Waals surface area (Å²) in [5.74, 6) is 0.492. The zero-order valence-corrected chi connectivity index (χ0v) is 13.6. The summed E-state index contributed by atoms with van der Waals surface area (Å²) < 4.78 is 0. The van der Waals surface area contributed by atoms with Gasteiger partial charge >= 0.3 is 0 Å². The molecule has 0 saturated carbocycles. The zero-order chi connectivity index (χ0) is 15.5. The van der Waals surface area contributed by atoms with Gasteiger partial charge in [0, 0.05) is 6.92 Å². The van der Waals surface area contributed by atoms with E-state index in [9.17, 15) is 10.1 Å². The largest absolute Gasteiger partial charge is 0.259 e. The molecule has 0 aromatic rings. The summed E-state index contributed by atoms with van der Waals surface area (Å²) in [5, 5.41) is 10.5. The monoisotopic (exact) mass is 279 g/mol. The first-order chi connectivity index (χ1) is 9.32. The van der Waals surface area contributed by atoms with Crippen LogP contribution in [-0.2, 0) is 0 Å². The molecule has 0 saturated heterocycles. The van der Waals surface area contributed by atoms with Crippen molar-refractivity contribution < 1.29 is 4.92 Å². The van der Waals surface area contributed by atoms with Gasteiger partial charge in [0.2, 0.25) is 5.70 Å². The lowest BCUT2D eigenvalue weighted by Gasteiger charge is -2.07. The topological polar surface area (TPSA) is 43.1 Å². The van der Waals surface area contributed by atoms with Gasteiger partial charge in [-0.05, 0) is 64.9 Å². The summed E-state index contributed by atoms with van der Waals surface area (Å²) in [4.78, 5) is 10.2. The molecular weight excluding hydrogens is 250 g/mol. The van der Waals surface area contributed by atoms with Gasteiger partial charge in [0.1, 0.15) is 0 Å². The minimum absolute atomic E-state index is 0.255. The average molecular weight is 279 g/mol. The minimum atomic E-state index is -0.319. The van der Waals surface area contributed by atoms with Crippen molar-refractivity contribution in [2.45, 2.75) is 66.7 Å². The molecule has 0 N–H and O–H groups in total. The van der Waals surface area contributed by atoms with Crippen molar-refractivity contribution in [3.63, 3.8) is 0 Å². The van der Waals surface area contributed by atoms with E-state index in [1.54, 1.807) is 13.0 Å². The Hall–Kier alpha value is -1.38. The van der Waals surface area contributed by atoms with Gasteiger partial charge in [-0.15, -0.1) is 0 Å². The number of hydrogen-bond acceptors (Lipinski definition) is 2. The maximum absolute atomic E-state index is 10.5. The number of nitro groups is 1. The first-order valence-electron chi connectivity index (χ1n) is 7.43. The van der Waals surface area contributed by atoms with E-state index >= 15 is 0 Å². The van der Waals surface area contributed by atoms with Crippen molar-refractivity contribution in [2.24, 2.45) is 5.92 Å². The molecule has 0 amide bonds. The molecule has 20 heavy (non-hydrogen) atoms. The van der Waals surface area contributed by atoms with E-state index in [-0.39, 0.29) is 10.6 Å². The molecule has 3 nitrogen and oxygen atoms in total. The van der Waals surface area contributed by atoms with Gasteiger partial charge < -0.3 is 0 Å². The first-order valence-corrected chi connectivity index (χ1v) is 7.43. The molecule has 114 valence electrons. The zero-order valence-electron chi connectivity index (χ0n) is 13.6. The third-order valence-electron chi connectivity index (χ3n) is 3.35. The average Bonchev–Trinajstić information content (AvgIpc) is 2.35. The highest BCUT2D eigenvalue weighted by molar-refractivity contribution is 5.02. The third kappa shape index (κ3) is 10.5. The Labute approximate surface area is 123 Å². The van der Waals surface area contributed by atoms with E-state index in [4.69, 9.17) is 0 Å². The van der Waals surface area contributed by atoms with E-state index < -0.39 is 0 Å². The van der Waals surface area contributed by atoms with Gasteiger partial charge in [-0.1, -0.05) is 30.2 Å². The Morgan fingerprint density at radius 3 is 2.30 bits per heavy atom. The Balaban J connectivity index is 3.95. The molecule has 1 atom stereocenters. The molecule has 0 aliphatic rings. The molecule has 0 fully saturated rings. The summed E-state index contributed by atoms with van der Waals surface area (Å²) in [6.07, 6.45) is 11.5. The van der Waals surface area contributed by atoms with Gasteiger partial charge in [0.05, 0.1) is 4.92 Å². The summed E-state index contributed by atoms with van der Waals surface area (Å²) in [5.41, 5.74) is 3.07. The van der Waals surface area contributed by atoms with Gasteiger partial charge in [0.25, 0.3) is 0 Å². The van der Waals surface area contributed by atoms with Crippen molar-refractivity contribution in [3.8, 4) is 0 Å². The highest BCUT2D eigenvalue weighted by Crippen LogP contribution is 2.15. The summed E-state index contributed by atoms with van der Waals surface area (Å²) in [6, 6.07) is 0. The van der Waals surface area contributed by atoms with Gasteiger partial charge in [-0.3, -0.25) is 10.1 Å². The lowest BCUT2D eigenvalue weighted by molar-refractivity contribution is -0.424. The SMILES string of the molecule is CC(C)=CCC/C(C)=C/CCC(C)C/C=C(\C)[N+](=O)[O-]. The van der Waals surface area contributed by atoms with Crippen LogP contribution in [0.25, 0.3) is 0 Å². The molecule has 0 aliphatic carbocycles. The maximum atomic E-state index is 10.5. The normalized spacial score (nSPS) is 14.1. The van der Waals surface area contributed by atoms with Crippen molar-refractivity contribution >= 4 is 0 Å². The molecule has 0 heterocycles. The van der Waals surface area contributed by atoms with Crippen LogP contribution in [-0.4, -0.2) is 4.92 Å². The fourth-order valence-corrected chi connectivity index (χ4v) is 1.87. The van der Waals surface area contributed by atoms with Crippen LogP contribution >= 0.6 is 0 Å². The molecule has 0 aliphatic heterocycles. The minimum Gasteiger partial charge on any atom is -0.259 e. The van der Waals surface area contributed by atoms with Crippen LogP contribution < -0.4 is 0 Å². The molecular formula is C17H29NO2. The Bertz CT molecular complexity index is 388. The predicted molar refractivity (Wildman–Crippen MR) is 86.2 cm³/mol. The van der Waals surface area contributed by atoms with Crippen LogP contribution in [0.1, 0.15) is 66.7 Å². The maximum Gasteiger partial charge on any atom is 0.239 e. The standard InChI is InChI=1S/C17H29NO2/c1-14(2)8-6-9-15(3)10-7-11-16(4)12-13-17(5)18(19)20/h8,10,13,16H,6-7,9,11-12H2,1-5H3/b15-10+,17-13+. The van der Waals surface area contributed by atoms with Crippen LogP contribution in [0.15, 0.2) is 35.1 Å². The number of allylic oxidation sites excluding steroid dienone is 6. The fraction of sp³-hybridized carbons (Fsp3) is 0.647. The van der Waals surface area contributed by atoms with E-state index in [0.29, 0.717) is 5.92 Å². The van der Waals surface area contributed by atoms with Crippen LogP contribution in [0.2, 0.25) is 0 Å². The molecule has 0 aromatic carbocycles. The molecule has 1 unspecified atom stereocenters. The van der Waals surface area contributed by atoms with Gasteiger partial charge in [-0.2, -0.15) is 0 Å². The van der Waals surface area contributed by atoms with Gasteiger partial charge in [0.15, 0.2) is 0 Å². The summed E-state index contributed by atoms with van der Waals surface area (Å²) in [6.45, 7) is 10.1. The van der Waals surface area contributed by atoms with E-state index in [1.165, 1.54) is 11.1 Å². The summed E-state index contributed by atoms with van der Waals surface area (Å²) >= 11 is 0. The third-order valence-corrected chi connectivity index (χ3v) is 3.35. The van der Waals surface area contributed by atoms with Crippen molar-refractivity contribution in [2.75, 3.05) is 0 Å². The highest BCUT2D eigenvalue weighted by Gasteiger charge is 2.04. The molecule has 0 radical (unpaired) electrons. The lowest BCUT2D eigenvalue weighted by atomic mass is 9.99. The Kier molecular flexibility index (Phi) is 9.69. The molecule has 0 rings (SSSR count). The number of nitrogens with zero attached hydrogens (tertiary/aromatic N) is 1. The van der Waals surface area contributed by atoms with Crippen molar-refractivity contribution in [1.29, 1.82) is 0 Å². The second-order valence-corrected chi connectivity index (χ2v) is 5.89. The van der Waals surface area contributed by atoms with Crippen molar-refractivity contribution in [3.05, 3.63) is 45.2 Å². The highest BCUT2D eigenvalue weighted by atomic mass is 16.6. The molecule has 0 spiro atoms. The lowest BCUT2D eigenvalue weighted by Crippen LogP contribution is -1.97. The first kappa shape index (κ1) is 18.6. The van der Waals surface area contributed by atoms with E-state index in [1.807, 2.05) is 0 Å². The number of hydrogen-bond donors (Lipinski definition) is 0. The van der Waals surface area contributed by atoms with Crippen LogP contribution in [0, 0.1) is 16.0 Å². The molecule has 3 heteroatoms. The molecule has 0 bridgehead atoms. The Morgan fingerprint density at radius 2 is 1.75 bits per heavy atom. The smallest absolute Gasteiger partial charge is 0.239 e. The van der Waals surface area contributed by atoms with Crippen LogP contribution in [0.5, 0.6) is 0 Å². The van der Waals surface area contributed by atoms with E-state index in [0.717, 1.165) is 32.1 Å². The predicted octanol–water partition coefficient (Wildman–Crippen LogP) is 5.67. The second kappa shape index (κ2) is 10.4. The van der Waals surface area contributed by atoms with Gasteiger partial charge in [-0.25, -0.2) is 0 Å². The fourth-order valence-electron chi connectivity index (χ4n) is 1.87. The van der Waals surface area contributed by atoms with Crippen LogP contribution in [0.3, 0.4) is 0 Å². The van der Waals surface area contributed by atoms with Crippen molar-refractivity contribution in [1.82, 2.24) is 0 Å². The second-order valence-electron chi connectivity index (χ2n) is 5.89. The van der Waals surface area contributed by atoms with E-state index in [2.05, 4.69) is 39.8 Å². The summed E-state index contributed by atoms with van der Waals surface area (Å²) in [7, 11) is 0. The number of rotatable bonds is 9. The van der Waals surface area contributed by atoms with Crippen LogP contribution in [0.4, 0.5) is 0 Å². The quantitative estimate of drug-likeness (QED) is 0.310.